The molecule has 0 saturated carbocycles. The summed E-state index contributed by atoms with van der Waals surface area (Å²) in [6, 6.07) is 1.68. The highest BCUT2D eigenvalue weighted by atomic mass is 79.9. The molecular formula is C9H7BrN4O2. The van der Waals surface area contributed by atoms with Gasteiger partial charge in [-0.15, -0.1) is 0 Å². The van der Waals surface area contributed by atoms with Crippen molar-refractivity contribution in [2.45, 2.75) is 6.54 Å². The summed E-state index contributed by atoms with van der Waals surface area (Å²) < 4.78 is 6.50. The normalized spacial score (nSPS) is 10.3. The van der Waals surface area contributed by atoms with Crippen LogP contribution in [0.3, 0.4) is 0 Å². The number of hydrogen-bond acceptors (Lipinski definition) is 5. The first kappa shape index (κ1) is 10.7. The molecule has 0 spiro atoms. The van der Waals surface area contributed by atoms with E-state index in [0.29, 0.717) is 10.3 Å². The minimum absolute atomic E-state index is 0.260. The van der Waals surface area contributed by atoms with Crippen molar-refractivity contribution < 1.29 is 4.52 Å². The molecule has 82 valence electrons. The highest BCUT2D eigenvalue weighted by Crippen LogP contribution is 2.12. The average molecular weight is 283 g/mol. The second kappa shape index (κ2) is 4.40. The average Bonchev–Trinajstić information content (AvgIpc) is 2.61. The quantitative estimate of drug-likeness (QED) is 0.846. The van der Waals surface area contributed by atoms with Crippen molar-refractivity contribution in [1.82, 2.24) is 19.7 Å². The Hall–Kier alpha value is -1.76. The Morgan fingerprint density at radius 2 is 2.19 bits per heavy atom. The molecule has 0 saturated heterocycles. The van der Waals surface area contributed by atoms with E-state index in [0.717, 1.165) is 0 Å². The van der Waals surface area contributed by atoms with Crippen LogP contribution in [0.1, 0.15) is 0 Å². The number of allylic oxidation sites excluding steroid dienone is 1. The van der Waals surface area contributed by atoms with Crippen LogP contribution >= 0.6 is 15.9 Å². The van der Waals surface area contributed by atoms with Crippen molar-refractivity contribution in [2.75, 3.05) is 0 Å². The maximum Gasteiger partial charge on any atom is 0.442 e. The second-order valence-electron chi connectivity index (χ2n) is 2.95. The Morgan fingerprint density at radius 3 is 2.81 bits per heavy atom. The summed E-state index contributed by atoms with van der Waals surface area (Å²) in [7, 11) is 0. The molecule has 2 aromatic rings. The van der Waals surface area contributed by atoms with Crippen LogP contribution in [0.25, 0.3) is 11.6 Å². The van der Waals surface area contributed by atoms with Crippen LogP contribution in [-0.2, 0) is 6.54 Å². The number of aromatic nitrogens is 4. The molecule has 0 N–H and O–H groups in total. The van der Waals surface area contributed by atoms with E-state index in [1.807, 2.05) is 0 Å². The lowest BCUT2D eigenvalue weighted by Gasteiger charge is -2.00. The Bertz CT molecular complexity index is 560. The van der Waals surface area contributed by atoms with E-state index >= 15 is 0 Å². The summed E-state index contributed by atoms with van der Waals surface area (Å²) in [4.78, 5) is 19.3. The molecule has 0 atom stereocenters. The van der Waals surface area contributed by atoms with Crippen molar-refractivity contribution in [3.05, 3.63) is 40.1 Å². The molecule has 2 heterocycles. The van der Waals surface area contributed by atoms with Crippen molar-refractivity contribution in [3.8, 4) is 11.6 Å². The lowest BCUT2D eigenvalue weighted by molar-refractivity contribution is 0.378. The lowest BCUT2D eigenvalue weighted by atomic mass is 10.5. The largest absolute Gasteiger partial charge is 0.442 e. The highest BCUT2D eigenvalue weighted by Gasteiger charge is 2.14. The molecule has 2 aromatic heterocycles. The van der Waals surface area contributed by atoms with Gasteiger partial charge in [-0.2, -0.15) is 0 Å². The van der Waals surface area contributed by atoms with Crippen LogP contribution < -0.4 is 5.76 Å². The van der Waals surface area contributed by atoms with Crippen molar-refractivity contribution >= 4 is 15.9 Å². The molecule has 0 aliphatic heterocycles. The number of rotatable bonds is 3. The topological polar surface area (TPSA) is 73.8 Å². The zero-order chi connectivity index (χ0) is 11.5. The number of halogens is 1. The summed E-state index contributed by atoms with van der Waals surface area (Å²) in [5, 5.41) is 3.63. The zero-order valence-electron chi connectivity index (χ0n) is 8.13. The van der Waals surface area contributed by atoms with Gasteiger partial charge in [0.05, 0.1) is 6.54 Å². The molecule has 0 bridgehead atoms. The molecule has 7 heteroatoms. The fourth-order valence-electron chi connectivity index (χ4n) is 1.15. The predicted octanol–water partition coefficient (Wildman–Crippen LogP) is 1.20. The van der Waals surface area contributed by atoms with Crippen LogP contribution in [-0.4, -0.2) is 19.7 Å². The van der Waals surface area contributed by atoms with E-state index < -0.39 is 5.76 Å². The molecular weight excluding hydrogens is 276 g/mol. The van der Waals surface area contributed by atoms with Gasteiger partial charge >= 0.3 is 5.76 Å². The standard InChI is InChI=1S/C9H7BrN4O2/c1-6(10)5-14-8(13-16-9(14)15)7-11-3-2-4-12-7/h2-4H,1,5H2. The number of hydrogen-bond donors (Lipinski definition) is 0. The first-order chi connectivity index (χ1) is 7.68. The Kier molecular flexibility index (Phi) is 2.95. The monoisotopic (exact) mass is 282 g/mol. The van der Waals surface area contributed by atoms with Gasteiger partial charge in [0.25, 0.3) is 0 Å². The van der Waals surface area contributed by atoms with Gasteiger partial charge < -0.3 is 0 Å². The van der Waals surface area contributed by atoms with Gasteiger partial charge in [-0.05, 0) is 6.07 Å². The Balaban J connectivity index is 2.50. The lowest BCUT2D eigenvalue weighted by Crippen LogP contribution is -2.16. The van der Waals surface area contributed by atoms with E-state index in [-0.39, 0.29) is 12.4 Å². The SMILES string of the molecule is C=C(Br)Cn1c(-c2ncccn2)noc1=O. The first-order valence-corrected chi connectivity index (χ1v) is 5.15. The van der Waals surface area contributed by atoms with Crippen molar-refractivity contribution in [3.63, 3.8) is 0 Å². The molecule has 0 amide bonds. The Morgan fingerprint density at radius 1 is 1.50 bits per heavy atom. The molecule has 0 unspecified atom stereocenters. The number of nitrogens with zero attached hydrogens (tertiary/aromatic N) is 4. The van der Waals surface area contributed by atoms with Crippen molar-refractivity contribution in [1.29, 1.82) is 0 Å². The smallest absolute Gasteiger partial charge is 0.295 e. The van der Waals surface area contributed by atoms with Crippen LogP contribution in [0.5, 0.6) is 0 Å². The van der Waals surface area contributed by atoms with Crippen LogP contribution in [0, 0.1) is 0 Å². The van der Waals surface area contributed by atoms with Crippen LogP contribution in [0.15, 0.2) is 38.8 Å². The van der Waals surface area contributed by atoms with E-state index in [9.17, 15) is 4.79 Å². The summed E-state index contributed by atoms with van der Waals surface area (Å²) >= 11 is 3.17. The van der Waals surface area contributed by atoms with Gasteiger partial charge in [-0.1, -0.05) is 27.7 Å². The molecule has 0 aliphatic rings. The van der Waals surface area contributed by atoms with Gasteiger partial charge in [0, 0.05) is 16.9 Å². The molecule has 0 aromatic carbocycles. The molecule has 2 rings (SSSR count). The fraction of sp³-hybridized carbons (Fsp3) is 0.111. The van der Waals surface area contributed by atoms with Gasteiger partial charge in [0.1, 0.15) is 0 Å². The van der Waals surface area contributed by atoms with Gasteiger partial charge in [0.15, 0.2) is 5.82 Å². The third-order valence-electron chi connectivity index (χ3n) is 1.78. The highest BCUT2D eigenvalue weighted by molar-refractivity contribution is 9.11. The molecule has 6 nitrogen and oxygen atoms in total. The van der Waals surface area contributed by atoms with E-state index in [1.165, 1.54) is 4.57 Å². The summed E-state index contributed by atoms with van der Waals surface area (Å²) in [6.07, 6.45) is 3.13. The van der Waals surface area contributed by atoms with Gasteiger partial charge in [0.2, 0.25) is 5.82 Å². The molecule has 0 fully saturated rings. The summed E-state index contributed by atoms with van der Waals surface area (Å²) in [5.41, 5.74) is 0. The maximum atomic E-state index is 11.4. The minimum Gasteiger partial charge on any atom is -0.295 e. The summed E-state index contributed by atoms with van der Waals surface area (Å²) in [6.45, 7) is 3.91. The van der Waals surface area contributed by atoms with Crippen LogP contribution in [0.4, 0.5) is 0 Å². The first-order valence-electron chi connectivity index (χ1n) is 4.35. The van der Waals surface area contributed by atoms with Gasteiger partial charge in [-0.3, -0.25) is 4.52 Å². The van der Waals surface area contributed by atoms with E-state index in [2.05, 4.69) is 42.2 Å². The third kappa shape index (κ3) is 2.08. The summed E-state index contributed by atoms with van der Waals surface area (Å²) in [5.74, 6) is 0.0522. The zero-order valence-corrected chi connectivity index (χ0v) is 9.72. The molecule has 0 aliphatic carbocycles. The second-order valence-corrected chi connectivity index (χ2v) is 4.07. The third-order valence-corrected chi connectivity index (χ3v) is 2.03. The maximum absolute atomic E-state index is 11.4. The Labute approximate surface area is 98.8 Å². The van der Waals surface area contributed by atoms with E-state index in [1.54, 1.807) is 18.5 Å². The fourth-order valence-corrected chi connectivity index (χ4v) is 1.41. The minimum atomic E-state index is -0.567. The van der Waals surface area contributed by atoms with Crippen molar-refractivity contribution in [2.24, 2.45) is 0 Å². The molecule has 16 heavy (non-hydrogen) atoms. The van der Waals surface area contributed by atoms with Crippen LogP contribution in [0.2, 0.25) is 0 Å². The molecule has 0 radical (unpaired) electrons. The predicted molar refractivity (Wildman–Crippen MR) is 59.9 cm³/mol. The van der Waals surface area contributed by atoms with Gasteiger partial charge in [-0.25, -0.2) is 19.3 Å². The van der Waals surface area contributed by atoms with E-state index in [4.69, 9.17) is 0 Å².